The Bertz CT molecular complexity index is 1050. The Kier molecular flexibility index (Phi) is 10.6. The third-order valence-corrected chi connectivity index (χ3v) is 9.85. The number of carboxylic acids is 1. The quantitative estimate of drug-likeness (QED) is 0.156. The van der Waals surface area contributed by atoms with Gasteiger partial charge in [-0.25, -0.2) is 4.79 Å². The predicted molar refractivity (Wildman–Crippen MR) is 149 cm³/mol. The van der Waals surface area contributed by atoms with Crippen molar-refractivity contribution in [2.75, 3.05) is 19.0 Å². The minimum absolute atomic E-state index is 0.205. The van der Waals surface area contributed by atoms with E-state index in [0.29, 0.717) is 27.4 Å². The van der Waals surface area contributed by atoms with Crippen molar-refractivity contribution < 1.29 is 19.4 Å². The fraction of sp³-hybridized carbons (Fsp3) is 0.423. The topological polar surface area (TPSA) is 55.8 Å². The molecule has 3 rings (SSSR count). The van der Waals surface area contributed by atoms with Crippen LogP contribution >= 0.6 is 58.3 Å². The molecule has 0 saturated heterocycles. The number of benzene rings is 2. The van der Waals surface area contributed by atoms with Gasteiger partial charge in [0.2, 0.25) is 0 Å². The highest BCUT2D eigenvalue weighted by Gasteiger charge is 2.43. The third-order valence-electron chi connectivity index (χ3n) is 5.58. The van der Waals surface area contributed by atoms with E-state index in [9.17, 15) is 4.79 Å². The number of aliphatic carboxylic acids is 1. The van der Waals surface area contributed by atoms with Gasteiger partial charge in [-0.3, -0.25) is 0 Å². The second kappa shape index (κ2) is 13.0. The fourth-order valence-corrected chi connectivity index (χ4v) is 7.62. The number of carboxylic acid groups (broad SMARTS) is 1. The lowest BCUT2D eigenvalue weighted by Gasteiger charge is -2.44. The summed E-state index contributed by atoms with van der Waals surface area (Å²) in [5, 5.41) is 10.7. The van der Waals surface area contributed by atoms with E-state index in [1.807, 2.05) is 72.1 Å². The largest absolute Gasteiger partial charge is 0.492 e. The Balaban J connectivity index is 1.67. The Morgan fingerprint density at radius 3 is 2.54 bits per heavy atom. The van der Waals surface area contributed by atoms with Crippen LogP contribution in [0.4, 0.5) is 0 Å². The number of hydrogen-bond donors (Lipinski definition) is 1. The van der Waals surface area contributed by atoms with E-state index in [1.165, 1.54) is 0 Å². The zero-order valence-electron chi connectivity index (χ0n) is 19.6. The first-order valence-electron chi connectivity index (χ1n) is 11.2. The normalized spacial score (nSPS) is 21.1. The summed E-state index contributed by atoms with van der Waals surface area (Å²) in [5.41, 5.74) is 0.859. The fourth-order valence-electron chi connectivity index (χ4n) is 3.85. The predicted octanol–water partition coefficient (Wildman–Crippen LogP) is 8.23. The molecule has 0 fully saturated rings. The number of rotatable bonds is 12. The van der Waals surface area contributed by atoms with Crippen LogP contribution < -0.4 is 4.74 Å². The summed E-state index contributed by atoms with van der Waals surface area (Å²) in [5.74, 6) is 1.38. The molecule has 0 bridgehead atoms. The van der Waals surface area contributed by atoms with E-state index in [2.05, 4.69) is 19.9 Å². The van der Waals surface area contributed by atoms with E-state index in [-0.39, 0.29) is 22.2 Å². The van der Waals surface area contributed by atoms with Gasteiger partial charge in [-0.15, -0.1) is 23.5 Å². The van der Waals surface area contributed by atoms with Gasteiger partial charge in [0.05, 0.1) is 31.9 Å². The van der Waals surface area contributed by atoms with Gasteiger partial charge >= 0.3 is 5.97 Å². The van der Waals surface area contributed by atoms with Gasteiger partial charge in [0.1, 0.15) is 12.4 Å². The number of para-hydroxylation sites is 1. The number of halogens is 3. The van der Waals surface area contributed by atoms with Crippen LogP contribution in [0.15, 0.2) is 54.6 Å². The molecule has 2 aromatic rings. The maximum absolute atomic E-state index is 11.0. The molecule has 35 heavy (non-hydrogen) atoms. The average molecular weight is 576 g/mol. The summed E-state index contributed by atoms with van der Waals surface area (Å²) < 4.78 is 11.3. The highest BCUT2D eigenvalue weighted by Crippen LogP contribution is 2.52. The Hall–Kier alpha value is -1.02. The van der Waals surface area contributed by atoms with Crippen molar-refractivity contribution >= 4 is 64.3 Å². The van der Waals surface area contributed by atoms with E-state index in [4.69, 9.17) is 49.4 Å². The molecule has 2 unspecified atom stereocenters. The van der Waals surface area contributed by atoms with Crippen molar-refractivity contribution in [2.45, 2.75) is 42.6 Å². The standard InChI is InChI=1S/C26H29Cl3O4S2/c1-25(2)17-26(11-10-23(25)33-15-24(30)31,35-16-18-8-9-19(27)21(29)14-18)34-13-5-12-32-22-7-4-3-6-20(22)28/h3-4,6-11,14,23H,5,12-13,15-17H2,1-2H3,(H,30,31). The molecule has 0 aliphatic heterocycles. The lowest BCUT2D eigenvalue weighted by atomic mass is 9.78. The number of thioether (sulfide) groups is 2. The highest BCUT2D eigenvalue weighted by atomic mass is 35.5. The molecule has 4 nitrogen and oxygen atoms in total. The van der Waals surface area contributed by atoms with Crippen molar-refractivity contribution in [3.63, 3.8) is 0 Å². The van der Waals surface area contributed by atoms with Crippen LogP contribution in [0.3, 0.4) is 0 Å². The molecule has 2 aromatic carbocycles. The van der Waals surface area contributed by atoms with E-state index in [0.717, 1.165) is 29.9 Å². The number of carbonyl (C=O) groups is 1. The van der Waals surface area contributed by atoms with Crippen LogP contribution in [-0.4, -0.2) is 40.2 Å². The lowest BCUT2D eigenvalue weighted by molar-refractivity contribution is -0.145. The molecule has 1 N–H and O–H groups in total. The van der Waals surface area contributed by atoms with Gasteiger partial charge in [-0.05, 0) is 53.8 Å². The Morgan fingerprint density at radius 2 is 1.86 bits per heavy atom. The van der Waals surface area contributed by atoms with Crippen molar-refractivity contribution in [3.8, 4) is 5.75 Å². The average Bonchev–Trinajstić information content (AvgIpc) is 2.80. The van der Waals surface area contributed by atoms with Gasteiger partial charge in [-0.1, -0.05) is 79.0 Å². The summed E-state index contributed by atoms with van der Waals surface area (Å²) in [6, 6.07) is 13.2. The maximum atomic E-state index is 11.0. The van der Waals surface area contributed by atoms with Crippen LogP contribution in [0, 0.1) is 5.41 Å². The first-order chi connectivity index (χ1) is 16.6. The molecule has 0 heterocycles. The molecule has 0 amide bonds. The zero-order valence-corrected chi connectivity index (χ0v) is 23.5. The van der Waals surface area contributed by atoms with Crippen molar-refractivity contribution in [2.24, 2.45) is 5.41 Å². The van der Waals surface area contributed by atoms with Crippen LogP contribution in [0.5, 0.6) is 5.75 Å². The molecule has 0 saturated carbocycles. The lowest BCUT2D eigenvalue weighted by Crippen LogP contribution is -2.41. The zero-order chi connectivity index (χ0) is 25.5. The molecule has 0 spiro atoms. The van der Waals surface area contributed by atoms with Crippen LogP contribution in [0.1, 0.15) is 32.3 Å². The van der Waals surface area contributed by atoms with Crippen LogP contribution in [-0.2, 0) is 15.3 Å². The molecule has 2 atom stereocenters. The van der Waals surface area contributed by atoms with E-state index in [1.54, 1.807) is 0 Å². The summed E-state index contributed by atoms with van der Waals surface area (Å²) in [4.78, 5) is 11.0. The minimum Gasteiger partial charge on any atom is -0.492 e. The molecule has 1 aliphatic carbocycles. The first kappa shape index (κ1) is 28.5. The highest BCUT2D eigenvalue weighted by molar-refractivity contribution is 8.18. The van der Waals surface area contributed by atoms with E-state index < -0.39 is 5.97 Å². The summed E-state index contributed by atoms with van der Waals surface area (Å²) >= 11 is 22.2. The molecular weight excluding hydrogens is 547 g/mol. The van der Waals surface area contributed by atoms with Gasteiger partial charge in [0, 0.05) is 5.75 Å². The SMILES string of the molecule is CC1(C)CC(SCCCOc2ccccc2Cl)(SCc2ccc(Cl)c(Cl)c2)C=CC1OCC(=O)O. The Morgan fingerprint density at radius 1 is 1.09 bits per heavy atom. The molecule has 0 radical (unpaired) electrons. The third kappa shape index (κ3) is 8.51. The van der Waals surface area contributed by atoms with Gasteiger partial charge in [-0.2, -0.15) is 0 Å². The summed E-state index contributed by atoms with van der Waals surface area (Å²) in [6.07, 6.45) is 5.61. The Labute approximate surface area is 230 Å². The molecule has 190 valence electrons. The smallest absolute Gasteiger partial charge is 0.329 e. The molecule has 1 aliphatic rings. The van der Waals surface area contributed by atoms with Crippen molar-refractivity contribution in [1.29, 1.82) is 0 Å². The van der Waals surface area contributed by atoms with Crippen LogP contribution in [0.2, 0.25) is 15.1 Å². The van der Waals surface area contributed by atoms with E-state index >= 15 is 0 Å². The molecule has 0 aromatic heterocycles. The number of ether oxygens (including phenoxy) is 2. The molecule has 9 heteroatoms. The first-order valence-corrected chi connectivity index (χ1v) is 14.3. The van der Waals surface area contributed by atoms with Crippen molar-refractivity contribution in [3.05, 3.63) is 75.2 Å². The van der Waals surface area contributed by atoms with Gasteiger partial charge < -0.3 is 14.6 Å². The summed E-state index contributed by atoms with van der Waals surface area (Å²) in [7, 11) is 0. The molecular formula is C26H29Cl3O4S2. The summed E-state index contributed by atoms with van der Waals surface area (Å²) in [6.45, 7) is 4.51. The monoisotopic (exact) mass is 574 g/mol. The number of hydrogen-bond acceptors (Lipinski definition) is 5. The maximum Gasteiger partial charge on any atom is 0.329 e. The van der Waals surface area contributed by atoms with Crippen molar-refractivity contribution in [1.82, 2.24) is 0 Å². The second-order valence-corrected chi connectivity index (χ2v) is 13.2. The minimum atomic E-state index is -0.965. The van der Waals surface area contributed by atoms with Gasteiger partial charge in [0.15, 0.2) is 0 Å². The van der Waals surface area contributed by atoms with Crippen LogP contribution in [0.25, 0.3) is 0 Å². The van der Waals surface area contributed by atoms with Gasteiger partial charge in [0.25, 0.3) is 0 Å². The second-order valence-electron chi connectivity index (χ2n) is 8.98.